The van der Waals surface area contributed by atoms with E-state index in [1.807, 2.05) is 0 Å². The number of anilines is 1. The van der Waals surface area contributed by atoms with Crippen LogP contribution in [-0.4, -0.2) is 33.2 Å². The summed E-state index contributed by atoms with van der Waals surface area (Å²) in [5.74, 6) is -1.83. The summed E-state index contributed by atoms with van der Waals surface area (Å²) in [4.78, 5) is 35.5. The van der Waals surface area contributed by atoms with Crippen molar-refractivity contribution < 1.29 is 76.0 Å². The third-order valence-electron chi connectivity index (χ3n) is 3.88. The Bertz CT molecular complexity index is 749. The summed E-state index contributed by atoms with van der Waals surface area (Å²) >= 11 is 1.28. The fraction of sp³-hybridized carbons (Fsp3) is 0.312. The van der Waals surface area contributed by atoms with Gasteiger partial charge in [-0.25, -0.2) is 0 Å². The van der Waals surface area contributed by atoms with Crippen molar-refractivity contribution in [2.24, 2.45) is 0 Å². The number of carboxylic acid groups (broad SMARTS) is 1. The first-order valence-corrected chi connectivity index (χ1v) is 8.23. The average Bonchev–Trinajstić information content (AvgIpc) is 2.79. The Morgan fingerprint density at radius 1 is 1.40 bits per heavy atom. The molecule has 7 nitrogen and oxygen atoms in total. The van der Waals surface area contributed by atoms with Crippen molar-refractivity contribution in [2.75, 3.05) is 5.32 Å². The molecule has 0 aliphatic carbocycles. The van der Waals surface area contributed by atoms with Crippen molar-refractivity contribution >= 4 is 35.2 Å². The van der Waals surface area contributed by atoms with Crippen LogP contribution in [0.5, 0.6) is 0 Å². The summed E-state index contributed by atoms with van der Waals surface area (Å²) in [7, 11) is 0. The molecule has 0 radical (unpaired) electrons. The Kier molecular flexibility index (Phi) is 6.88. The second-order valence-corrected chi connectivity index (χ2v) is 6.90. The van der Waals surface area contributed by atoms with E-state index in [1.54, 1.807) is 24.3 Å². The van der Waals surface area contributed by atoms with E-state index in [-0.39, 0.29) is 80.7 Å². The Labute approximate surface area is 191 Å². The van der Waals surface area contributed by atoms with Gasteiger partial charge in [-0.15, -0.1) is 11.8 Å². The largest absolute Gasteiger partial charge is 1.00 e. The molecule has 2 aliphatic heterocycles. The molecule has 1 aromatic carbocycles. The molecule has 2 atom stereocenters. The van der Waals surface area contributed by atoms with E-state index in [1.165, 1.54) is 23.6 Å². The number of aliphatic hydroxyl groups is 1. The molecule has 1 aromatic rings. The van der Waals surface area contributed by atoms with Gasteiger partial charge < -0.3 is 20.3 Å². The molecular formula is C16H15KN2O5S. The van der Waals surface area contributed by atoms with Crippen LogP contribution in [-0.2, 0) is 14.4 Å². The number of nitrogens with zero attached hydrogens (tertiary/aromatic N) is 1. The normalized spacial score (nSPS) is 19.7. The van der Waals surface area contributed by atoms with E-state index in [2.05, 4.69) is 5.32 Å². The zero-order chi connectivity index (χ0) is 17.4. The third-order valence-corrected chi connectivity index (χ3v) is 5.17. The predicted octanol–water partition coefficient (Wildman–Crippen LogP) is -2.66. The zero-order valence-electron chi connectivity index (χ0n) is 13.8. The number of aliphatic hydroxyl groups excluding tert-OH is 1. The fourth-order valence-electron chi connectivity index (χ4n) is 2.75. The van der Waals surface area contributed by atoms with Gasteiger partial charge in [-0.2, -0.15) is 0 Å². The number of carbonyl (C=O) groups excluding carboxylic acids is 3. The van der Waals surface area contributed by atoms with Crippen LogP contribution in [0.25, 0.3) is 0 Å². The topological polar surface area (TPSA) is 110 Å². The summed E-state index contributed by atoms with van der Waals surface area (Å²) in [6.45, 7) is 1.40. The third kappa shape index (κ3) is 4.36. The molecule has 126 valence electrons. The van der Waals surface area contributed by atoms with Gasteiger partial charge >= 0.3 is 51.4 Å². The zero-order valence-corrected chi connectivity index (χ0v) is 17.8. The van der Waals surface area contributed by atoms with Gasteiger partial charge in [0.25, 0.3) is 0 Å². The number of carboxylic acids is 1. The first kappa shape index (κ1) is 20.6. The van der Waals surface area contributed by atoms with E-state index >= 15 is 0 Å². The Balaban J connectivity index is 0.00000225. The maximum atomic E-state index is 11.5. The number of hydrogen-bond acceptors (Lipinski definition) is 6. The standard InChI is InChI=1S/C16H16N2O5S.K/c1-8(19)17-10-4-2-9(3-5-10)11(20)6-12-15(16(22)23)18-13(21)7-14(18)24-12;/h2-5,11,14,20H,6-7H2,1H3,(H,17,19)(H,22,23);/q;+1/p-1/t11-,14+;/m0./s1. The summed E-state index contributed by atoms with van der Waals surface area (Å²) in [6.07, 6.45) is -0.526. The molecule has 2 N–H and O–H groups in total. The van der Waals surface area contributed by atoms with E-state index in [9.17, 15) is 24.6 Å². The second kappa shape index (κ2) is 8.34. The van der Waals surface area contributed by atoms with Crippen LogP contribution in [0.4, 0.5) is 5.69 Å². The quantitative estimate of drug-likeness (QED) is 0.422. The van der Waals surface area contributed by atoms with Gasteiger partial charge in [0, 0.05) is 23.9 Å². The number of fused-ring (bicyclic) bond motifs is 1. The number of rotatable bonds is 5. The number of nitrogens with one attached hydrogen (secondary N) is 1. The van der Waals surface area contributed by atoms with Crippen molar-refractivity contribution in [2.45, 2.75) is 31.2 Å². The molecule has 25 heavy (non-hydrogen) atoms. The van der Waals surface area contributed by atoms with Crippen LogP contribution in [0.15, 0.2) is 34.9 Å². The van der Waals surface area contributed by atoms with E-state index < -0.39 is 12.1 Å². The molecular weight excluding hydrogens is 371 g/mol. The summed E-state index contributed by atoms with van der Waals surface area (Å²) in [6, 6.07) is 6.64. The summed E-state index contributed by atoms with van der Waals surface area (Å²) in [5.41, 5.74) is 1.07. The molecule has 0 bridgehead atoms. The Morgan fingerprint density at radius 2 is 2.04 bits per heavy atom. The summed E-state index contributed by atoms with van der Waals surface area (Å²) in [5, 5.41) is 24.1. The van der Waals surface area contributed by atoms with Gasteiger partial charge in [0.05, 0.1) is 29.6 Å². The number of β-lactam (4-membered cyclic amide) rings is 1. The van der Waals surface area contributed by atoms with E-state index in [0.717, 1.165) is 0 Å². The number of amides is 2. The van der Waals surface area contributed by atoms with Crippen LogP contribution >= 0.6 is 11.8 Å². The predicted molar refractivity (Wildman–Crippen MR) is 85.2 cm³/mol. The second-order valence-electron chi connectivity index (χ2n) is 5.62. The first-order valence-electron chi connectivity index (χ1n) is 7.35. The average molecular weight is 386 g/mol. The maximum Gasteiger partial charge on any atom is 1.00 e. The van der Waals surface area contributed by atoms with Gasteiger partial charge in [-0.3, -0.25) is 14.5 Å². The number of hydrogen-bond donors (Lipinski definition) is 2. The molecule has 2 heterocycles. The molecule has 0 unspecified atom stereocenters. The smallest absolute Gasteiger partial charge is 0.543 e. The monoisotopic (exact) mass is 386 g/mol. The Morgan fingerprint density at radius 3 is 2.56 bits per heavy atom. The maximum absolute atomic E-state index is 11.5. The molecule has 0 spiro atoms. The summed E-state index contributed by atoms with van der Waals surface area (Å²) < 4.78 is 0. The van der Waals surface area contributed by atoms with Crippen LogP contribution in [0.3, 0.4) is 0 Å². The van der Waals surface area contributed by atoms with Crippen molar-refractivity contribution in [3.8, 4) is 0 Å². The first-order chi connectivity index (χ1) is 11.4. The minimum absolute atomic E-state index is 0. The van der Waals surface area contributed by atoms with Crippen LogP contribution in [0.2, 0.25) is 0 Å². The molecule has 2 amide bonds. The molecule has 1 fully saturated rings. The van der Waals surface area contributed by atoms with Gasteiger partial charge in [0.15, 0.2) is 0 Å². The van der Waals surface area contributed by atoms with Crippen LogP contribution < -0.4 is 61.8 Å². The van der Waals surface area contributed by atoms with Gasteiger partial charge in [0.2, 0.25) is 11.8 Å². The molecule has 9 heteroatoms. The Hall–Kier alpha value is -0.684. The minimum atomic E-state index is -1.40. The van der Waals surface area contributed by atoms with Crippen molar-refractivity contribution in [3.63, 3.8) is 0 Å². The number of benzene rings is 1. The van der Waals surface area contributed by atoms with Crippen molar-refractivity contribution in [1.29, 1.82) is 0 Å². The van der Waals surface area contributed by atoms with E-state index in [4.69, 9.17) is 0 Å². The number of carbonyl (C=O) groups is 3. The molecule has 2 aliphatic rings. The van der Waals surface area contributed by atoms with E-state index in [0.29, 0.717) is 22.6 Å². The SMILES string of the molecule is CC(=O)Nc1ccc([C@@H](O)CC2=C(C(=O)[O-])N3C(=O)C[C@H]3S2)cc1.[K+]. The number of aliphatic carboxylic acids is 1. The van der Waals surface area contributed by atoms with Crippen molar-refractivity contribution in [1.82, 2.24) is 4.90 Å². The number of thioether (sulfide) groups is 1. The van der Waals surface area contributed by atoms with Crippen molar-refractivity contribution in [3.05, 3.63) is 40.4 Å². The molecule has 1 saturated heterocycles. The molecule has 0 aromatic heterocycles. The minimum Gasteiger partial charge on any atom is -0.543 e. The van der Waals surface area contributed by atoms with Gasteiger partial charge in [-0.1, -0.05) is 12.1 Å². The van der Waals surface area contributed by atoms with Gasteiger partial charge in [-0.05, 0) is 17.7 Å². The van der Waals surface area contributed by atoms with Crippen LogP contribution in [0, 0.1) is 0 Å². The fourth-order valence-corrected chi connectivity index (χ4v) is 4.18. The molecule has 3 rings (SSSR count). The molecule has 0 saturated carbocycles. The van der Waals surface area contributed by atoms with Gasteiger partial charge in [0.1, 0.15) is 0 Å². The van der Waals surface area contributed by atoms with Crippen LogP contribution in [0.1, 0.15) is 31.4 Å².